The van der Waals surface area contributed by atoms with Crippen LogP contribution >= 0.6 is 11.8 Å². The topological polar surface area (TPSA) is 55.8 Å². The SMILES string of the molecule is COc1ccc([C@H]2Sc3ccccc3[N@@+](C)(CCN(C)CCc3cccc(C)c3)C(=O)[C@H]2OC(C)=O)cc1. The van der Waals surface area contributed by atoms with E-state index in [4.69, 9.17) is 9.47 Å². The van der Waals surface area contributed by atoms with E-state index in [2.05, 4.69) is 49.2 Å². The van der Waals surface area contributed by atoms with Gasteiger partial charge in [-0.25, -0.2) is 9.28 Å². The van der Waals surface area contributed by atoms with E-state index >= 15 is 0 Å². The Bertz CT molecular complexity index is 1280. The summed E-state index contributed by atoms with van der Waals surface area (Å²) in [4.78, 5) is 29.8. The molecule has 0 aromatic heterocycles. The minimum absolute atomic E-state index is 0.0581. The lowest BCUT2D eigenvalue weighted by Crippen LogP contribution is -2.58. The summed E-state index contributed by atoms with van der Waals surface area (Å²) < 4.78 is 11.2. The maximum Gasteiger partial charge on any atom is 0.361 e. The number of hydrogen-bond donors (Lipinski definition) is 0. The second-order valence-corrected chi connectivity index (χ2v) is 11.3. The van der Waals surface area contributed by atoms with Gasteiger partial charge < -0.3 is 14.4 Å². The quantitative estimate of drug-likeness (QED) is 0.270. The van der Waals surface area contributed by atoms with Gasteiger partial charge in [-0.15, -0.1) is 11.8 Å². The first-order valence-electron chi connectivity index (χ1n) is 12.9. The van der Waals surface area contributed by atoms with Crippen LogP contribution in [0.2, 0.25) is 0 Å². The lowest BCUT2D eigenvalue weighted by molar-refractivity contribution is -0.157. The van der Waals surface area contributed by atoms with E-state index in [0.717, 1.165) is 34.9 Å². The van der Waals surface area contributed by atoms with E-state index < -0.39 is 12.1 Å². The van der Waals surface area contributed by atoms with Crippen molar-refractivity contribution in [2.24, 2.45) is 0 Å². The van der Waals surface area contributed by atoms with E-state index in [0.29, 0.717) is 13.1 Å². The van der Waals surface area contributed by atoms with Crippen molar-refractivity contribution >= 4 is 29.3 Å². The summed E-state index contributed by atoms with van der Waals surface area (Å²) >= 11 is 1.58. The second-order valence-electron chi connectivity index (χ2n) is 10.1. The van der Waals surface area contributed by atoms with E-state index in [-0.39, 0.29) is 15.6 Å². The molecule has 1 amide bonds. The molecule has 0 N–H and O–H groups in total. The van der Waals surface area contributed by atoms with E-state index in [1.54, 1.807) is 18.9 Å². The van der Waals surface area contributed by atoms with Crippen molar-refractivity contribution in [3.63, 3.8) is 0 Å². The molecular weight excluding hydrogens is 496 g/mol. The molecule has 1 aliphatic rings. The van der Waals surface area contributed by atoms with Crippen LogP contribution in [0.5, 0.6) is 5.75 Å². The summed E-state index contributed by atoms with van der Waals surface area (Å²) in [6.07, 6.45) is 0.0126. The van der Waals surface area contributed by atoms with Crippen molar-refractivity contribution in [3.8, 4) is 5.75 Å². The predicted molar refractivity (Wildman–Crippen MR) is 154 cm³/mol. The van der Waals surface area contributed by atoms with Gasteiger partial charge in [0.2, 0.25) is 6.10 Å². The highest BCUT2D eigenvalue weighted by Gasteiger charge is 2.50. The summed E-state index contributed by atoms with van der Waals surface area (Å²) in [5.41, 5.74) is 4.41. The molecule has 0 fully saturated rings. The standard InChI is InChI=1S/C31H37N2O4S/c1-22-9-8-10-24(21-22)17-18-32(3)19-20-33(4)27-11-6-7-12-28(27)38-30(29(31(33)35)37-23(2)34)25-13-15-26(36-5)16-14-25/h6-16,21,29-30H,17-20H2,1-5H3/q+1/t29-,30+,33+/m0/s1. The van der Waals surface area contributed by atoms with Crippen molar-refractivity contribution in [1.29, 1.82) is 0 Å². The molecule has 200 valence electrons. The van der Waals surface area contributed by atoms with Crippen LogP contribution in [0, 0.1) is 6.92 Å². The van der Waals surface area contributed by atoms with Gasteiger partial charge in [-0.2, -0.15) is 0 Å². The van der Waals surface area contributed by atoms with Gasteiger partial charge in [0.05, 0.1) is 24.3 Å². The highest BCUT2D eigenvalue weighted by molar-refractivity contribution is 7.99. The smallest absolute Gasteiger partial charge is 0.361 e. The van der Waals surface area contributed by atoms with E-state index in [1.807, 2.05) is 49.5 Å². The van der Waals surface area contributed by atoms with Gasteiger partial charge in [0.25, 0.3) is 0 Å². The molecule has 6 nitrogen and oxygen atoms in total. The number of rotatable bonds is 9. The van der Waals surface area contributed by atoms with Crippen LogP contribution in [0.25, 0.3) is 0 Å². The average Bonchev–Trinajstić information content (AvgIpc) is 3.00. The Labute approximate surface area is 230 Å². The highest BCUT2D eigenvalue weighted by Crippen LogP contribution is 2.48. The Morgan fingerprint density at radius 3 is 2.45 bits per heavy atom. The minimum Gasteiger partial charge on any atom is -0.497 e. The number of amides is 1. The highest BCUT2D eigenvalue weighted by atomic mass is 32.2. The number of esters is 1. The van der Waals surface area contributed by atoms with Gasteiger partial charge in [0, 0.05) is 26.1 Å². The van der Waals surface area contributed by atoms with Crippen LogP contribution in [0.15, 0.2) is 77.7 Å². The molecule has 0 saturated heterocycles. The number of thioether (sulfide) groups is 1. The monoisotopic (exact) mass is 533 g/mol. The lowest BCUT2D eigenvalue weighted by Gasteiger charge is -2.34. The summed E-state index contributed by atoms with van der Waals surface area (Å²) in [6, 6.07) is 24.2. The number of nitrogens with zero attached hydrogens (tertiary/aromatic N) is 2. The zero-order chi connectivity index (χ0) is 27.3. The molecule has 0 unspecified atom stereocenters. The van der Waals surface area contributed by atoms with Crippen LogP contribution in [0.3, 0.4) is 0 Å². The third kappa shape index (κ3) is 6.29. The Balaban J connectivity index is 1.62. The maximum atomic E-state index is 14.3. The molecule has 0 radical (unpaired) electrons. The van der Waals surface area contributed by atoms with Gasteiger partial charge >= 0.3 is 11.9 Å². The molecule has 7 heteroatoms. The fourth-order valence-electron chi connectivity index (χ4n) is 4.92. The molecule has 0 aliphatic carbocycles. The fraction of sp³-hybridized carbons (Fsp3) is 0.355. The Morgan fingerprint density at radius 1 is 1.03 bits per heavy atom. The number of methoxy groups -OCH3 is 1. The van der Waals surface area contributed by atoms with Crippen LogP contribution in [-0.4, -0.2) is 63.7 Å². The number of hydrogen-bond acceptors (Lipinski definition) is 6. The lowest BCUT2D eigenvalue weighted by atomic mass is 10.0. The van der Waals surface area contributed by atoms with Gasteiger partial charge in [-0.3, -0.25) is 4.79 Å². The summed E-state index contributed by atoms with van der Waals surface area (Å²) in [7, 11) is 5.66. The number of carbonyl (C=O) groups excluding carboxylic acids is 2. The van der Waals surface area contributed by atoms with Gasteiger partial charge in [0.1, 0.15) is 12.3 Å². The number of para-hydroxylation sites is 1. The third-order valence-electron chi connectivity index (χ3n) is 7.19. The van der Waals surface area contributed by atoms with E-state index in [1.165, 1.54) is 18.1 Å². The first-order chi connectivity index (χ1) is 18.2. The van der Waals surface area contributed by atoms with Crippen molar-refractivity contribution in [1.82, 2.24) is 9.38 Å². The predicted octanol–water partition coefficient (Wildman–Crippen LogP) is 5.42. The van der Waals surface area contributed by atoms with Gasteiger partial charge in [-0.05, 0) is 49.7 Å². The largest absolute Gasteiger partial charge is 0.497 e. The molecule has 3 atom stereocenters. The summed E-state index contributed by atoms with van der Waals surface area (Å²) in [5.74, 6) is 0.151. The summed E-state index contributed by atoms with van der Waals surface area (Å²) in [5, 5.41) is -0.377. The van der Waals surface area contributed by atoms with Gasteiger partial charge in [0.15, 0.2) is 5.69 Å². The zero-order valence-corrected chi connectivity index (χ0v) is 23.7. The molecule has 0 saturated carbocycles. The average molecular weight is 534 g/mol. The normalized spacial score (nSPS) is 21.1. The number of aryl methyl sites for hydroxylation is 1. The van der Waals surface area contributed by atoms with Crippen molar-refractivity contribution < 1.29 is 19.1 Å². The van der Waals surface area contributed by atoms with Gasteiger partial charge in [-0.1, -0.05) is 54.1 Å². The number of benzene rings is 3. The first-order valence-corrected chi connectivity index (χ1v) is 13.8. The number of quaternary nitrogens is 1. The Kier molecular flexibility index (Phi) is 8.92. The molecule has 1 aliphatic heterocycles. The van der Waals surface area contributed by atoms with Crippen LogP contribution in [-0.2, 0) is 20.7 Å². The third-order valence-corrected chi connectivity index (χ3v) is 8.56. The molecular formula is C31H37N2O4S+. The Hall–Kier alpha value is -3.13. The molecule has 38 heavy (non-hydrogen) atoms. The second kappa shape index (κ2) is 12.2. The minimum atomic E-state index is -0.930. The van der Waals surface area contributed by atoms with Crippen LogP contribution in [0.1, 0.15) is 28.9 Å². The van der Waals surface area contributed by atoms with Crippen molar-refractivity contribution in [2.45, 2.75) is 36.5 Å². The van der Waals surface area contributed by atoms with Crippen LogP contribution in [0.4, 0.5) is 5.69 Å². The number of carbonyl (C=O) groups is 2. The molecule has 0 bridgehead atoms. The zero-order valence-electron chi connectivity index (χ0n) is 22.8. The molecule has 1 heterocycles. The van der Waals surface area contributed by atoms with Crippen molar-refractivity contribution in [2.75, 3.05) is 40.8 Å². The Morgan fingerprint density at radius 2 is 1.76 bits per heavy atom. The number of likely N-dealkylation sites (N-methyl/N-ethyl adjacent to an activating group) is 2. The summed E-state index contributed by atoms with van der Waals surface area (Å²) in [6.45, 7) is 5.64. The molecule has 3 aromatic carbocycles. The van der Waals surface area contributed by atoms with Crippen molar-refractivity contribution in [3.05, 3.63) is 89.5 Å². The molecule has 4 rings (SSSR count). The maximum absolute atomic E-state index is 14.3. The van der Waals surface area contributed by atoms with E-state index in [9.17, 15) is 9.59 Å². The van der Waals surface area contributed by atoms with Crippen LogP contribution < -0.4 is 9.22 Å². The molecule has 3 aromatic rings. The fourth-order valence-corrected chi connectivity index (χ4v) is 6.33. The number of ether oxygens (including phenoxy) is 2. The number of fused-ring (bicyclic) bond motifs is 1. The first kappa shape index (κ1) is 27.9. The molecule has 0 spiro atoms.